The summed E-state index contributed by atoms with van der Waals surface area (Å²) in [6, 6.07) is 15.3. The first-order valence-electron chi connectivity index (χ1n) is 10.7. The molecule has 5 nitrogen and oxygen atoms in total. The SMILES string of the molecule is CC[C@@H](C)NC(=O)[C@@H](C)N(CCc1ccccc1)C(=O)COc1ccc(C)cc1C. The number of rotatable bonds is 10. The zero-order valence-electron chi connectivity index (χ0n) is 18.8. The first kappa shape index (κ1) is 23.5. The number of carbonyl (C=O) groups excluding carboxylic acids is 2. The molecule has 2 aromatic rings. The minimum absolute atomic E-state index is 0.0671. The molecule has 0 bridgehead atoms. The standard InChI is InChI=1S/C25H34N2O3/c1-6-20(4)26-25(29)21(5)27(15-14-22-10-8-7-9-11-22)24(28)17-30-23-13-12-18(2)16-19(23)3/h7-13,16,20-21H,6,14-15,17H2,1-5H3,(H,26,29)/t20-,21-/m1/s1. The van der Waals surface area contributed by atoms with Crippen LogP contribution in [0.15, 0.2) is 48.5 Å². The summed E-state index contributed by atoms with van der Waals surface area (Å²) in [4.78, 5) is 27.3. The first-order chi connectivity index (χ1) is 14.3. The molecule has 0 radical (unpaired) electrons. The largest absolute Gasteiger partial charge is 0.483 e. The molecular weight excluding hydrogens is 376 g/mol. The number of benzene rings is 2. The Balaban J connectivity index is 2.09. The number of nitrogens with one attached hydrogen (secondary N) is 1. The third-order valence-electron chi connectivity index (χ3n) is 5.33. The molecule has 30 heavy (non-hydrogen) atoms. The van der Waals surface area contributed by atoms with Crippen LogP contribution in [-0.2, 0) is 16.0 Å². The minimum Gasteiger partial charge on any atom is -0.483 e. The molecule has 0 aliphatic rings. The third-order valence-corrected chi connectivity index (χ3v) is 5.33. The van der Waals surface area contributed by atoms with E-state index < -0.39 is 6.04 Å². The zero-order chi connectivity index (χ0) is 22.1. The fourth-order valence-electron chi connectivity index (χ4n) is 3.22. The summed E-state index contributed by atoms with van der Waals surface area (Å²) >= 11 is 0. The fraction of sp³-hybridized carbons (Fsp3) is 0.440. The second kappa shape index (κ2) is 11.4. The number of ether oxygens (including phenoxy) is 1. The Hall–Kier alpha value is -2.82. The van der Waals surface area contributed by atoms with Crippen molar-refractivity contribution in [3.8, 4) is 5.75 Å². The second-order valence-electron chi connectivity index (χ2n) is 7.87. The highest BCUT2D eigenvalue weighted by Gasteiger charge is 2.26. The minimum atomic E-state index is -0.571. The van der Waals surface area contributed by atoms with Gasteiger partial charge < -0.3 is 15.0 Å². The maximum absolute atomic E-state index is 13.0. The summed E-state index contributed by atoms with van der Waals surface area (Å²) in [5, 5.41) is 2.98. The molecule has 0 spiro atoms. The van der Waals surface area contributed by atoms with Gasteiger partial charge in [0.05, 0.1) is 0 Å². The zero-order valence-corrected chi connectivity index (χ0v) is 18.8. The van der Waals surface area contributed by atoms with E-state index in [0.717, 1.165) is 23.1 Å². The van der Waals surface area contributed by atoms with Crippen molar-refractivity contribution in [1.82, 2.24) is 10.2 Å². The smallest absolute Gasteiger partial charge is 0.261 e. The molecule has 0 saturated carbocycles. The van der Waals surface area contributed by atoms with Gasteiger partial charge in [-0.15, -0.1) is 0 Å². The molecule has 5 heteroatoms. The van der Waals surface area contributed by atoms with Gasteiger partial charge in [-0.05, 0) is 57.7 Å². The molecule has 162 valence electrons. The van der Waals surface area contributed by atoms with Crippen molar-refractivity contribution in [2.75, 3.05) is 13.2 Å². The van der Waals surface area contributed by atoms with Gasteiger partial charge in [0.2, 0.25) is 5.91 Å². The van der Waals surface area contributed by atoms with Crippen LogP contribution in [0.25, 0.3) is 0 Å². The quantitative estimate of drug-likeness (QED) is 0.643. The van der Waals surface area contributed by atoms with Crippen LogP contribution >= 0.6 is 0 Å². The van der Waals surface area contributed by atoms with Crippen molar-refractivity contribution in [2.24, 2.45) is 0 Å². The first-order valence-corrected chi connectivity index (χ1v) is 10.7. The highest BCUT2D eigenvalue weighted by atomic mass is 16.5. The average molecular weight is 411 g/mol. The molecule has 0 aliphatic carbocycles. The maximum Gasteiger partial charge on any atom is 0.261 e. The summed E-state index contributed by atoms with van der Waals surface area (Å²) in [7, 11) is 0. The van der Waals surface area contributed by atoms with Crippen molar-refractivity contribution in [1.29, 1.82) is 0 Å². The van der Waals surface area contributed by atoms with E-state index in [9.17, 15) is 9.59 Å². The molecule has 0 aliphatic heterocycles. The van der Waals surface area contributed by atoms with E-state index in [0.29, 0.717) is 18.7 Å². The van der Waals surface area contributed by atoms with Gasteiger partial charge in [-0.1, -0.05) is 55.0 Å². The van der Waals surface area contributed by atoms with Crippen molar-refractivity contribution in [3.63, 3.8) is 0 Å². The van der Waals surface area contributed by atoms with Crippen LogP contribution in [0.1, 0.15) is 43.9 Å². The number of aryl methyl sites for hydroxylation is 2. The molecule has 1 N–H and O–H groups in total. The van der Waals surface area contributed by atoms with Crippen molar-refractivity contribution in [2.45, 2.75) is 59.5 Å². The summed E-state index contributed by atoms with van der Waals surface area (Å²) in [6.07, 6.45) is 1.52. The lowest BCUT2D eigenvalue weighted by atomic mass is 10.1. The fourth-order valence-corrected chi connectivity index (χ4v) is 3.22. The number of amides is 2. The van der Waals surface area contributed by atoms with E-state index in [1.54, 1.807) is 11.8 Å². The second-order valence-corrected chi connectivity index (χ2v) is 7.87. The van der Waals surface area contributed by atoms with Crippen molar-refractivity contribution < 1.29 is 14.3 Å². The van der Waals surface area contributed by atoms with Crippen molar-refractivity contribution in [3.05, 3.63) is 65.2 Å². The Kier molecular flexibility index (Phi) is 8.90. The molecule has 2 aromatic carbocycles. The third kappa shape index (κ3) is 6.90. The Morgan fingerprint density at radius 1 is 1.07 bits per heavy atom. The van der Waals surface area contributed by atoms with Crippen LogP contribution in [0.4, 0.5) is 0 Å². The van der Waals surface area contributed by atoms with Gasteiger partial charge in [-0.2, -0.15) is 0 Å². The monoisotopic (exact) mass is 410 g/mol. The Labute approximate surface area is 180 Å². The predicted octanol–water partition coefficient (Wildman–Crippen LogP) is 4.06. The van der Waals surface area contributed by atoms with E-state index in [-0.39, 0.29) is 24.5 Å². The van der Waals surface area contributed by atoms with E-state index >= 15 is 0 Å². The van der Waals surface area contributed by atoms with E-state index in [1.807, 2.05) is 76.2 Å². The van der Waals surface area contributed by atoms with E-state index in [4.69, 9.17) is 4.74 Å². The normalized spacial score (nSPS) is 12.7. The molecule has 0 saturated heterocycles. The molecule has 2 atom stereocenters. The lowest BCUT2D eigenvalue weighted by Gasteiger charge is -2.29. The van der Waals surface area contributed by atoms with Gasteiger partial charge >= 0.3 is 0 Å². The Bertz CT molecular complexity index is 836. The highest BCUT2D eigenvalue weighted by molar-refractivity contribution is 5.88. The molecule has 0 aromatic heterocycles. The van der Waals surface area contributed by atoms with Crippen LogP contribution < -0.4 is 10.1 Å². The van der Waals surface area contributed by atoms with Gasteiger partial charge in [-0.3, -0.25) is 9.59 Å². The predicted molar refractivity (Wildman–Crippen MR) is 121 cm³/mol. The molecular formula is C25H34N2O3. The number of hydrogen-bond donors (Lipinski definition) is 1. The summed E-state index contributed by atoms with van der Waals surface area (Å²) in [5.74, 6) is 0.351. The molecule has 2 rings (SSSR count). The van der Waals surface area contributed by atoms with E-state index in [1.165, 1.54) is 0 Å². The number of hydrogen-bond acceptors (Lipinski definition) is 3. The van der Waals surface area contributed by atoms with Crippen LogP contribution in [0.2, 0.25) is 0 Å². The maximum atomic E-state index is 13.0. The topological polar surface area (TPSA) is 58.6 Å². The van der Waals surface area contributed by atoms with Crippen molar-refractivity contribution >= 4 is 11.8 Å². The van der Waals surface area contributed by atoms with Gasteiger partial charge in [0, 0.05) is 12.6 Å². The number of nitrogens with zero attached hydrogens (tertiary/aromatic N) is 1. The lowest BCUT2D eigenvalue weighted by molar-refractivity contribution is -0.141. The van der Waals surface area contributed by atoms with Crippen LogP contribution in [-0.4, -0.2) is 41.9 Å². The summed E-state index contributed by atoms with van der Waals surface area (Å²) in [6.45, 7) is 10.1. The van der Waals surface area contributed by atoms with Crippen LogP contribution in [0, 0.1) is 13.8 Å². The summed E-state index contributed by atoms with van der Waals surface area (Å²) < 4.78 is 5.80. The molecule has 0 unspecified atom stereocenters. The molecule has 0 heterocycles. The highest BCUT2D eigenvalue weighted by Crippen LogP contribution is 2.19. The van der Waals surface area contributed by atoms with Gasteiger partial charge in [0.1, 0.15) is 11.8 Å². The van der Waals surface area contributed by atoms with Crippen LogP contribution in [0.3, 0.4) is 0 Å². The number of carbonyl (C=O) groups is 2. The molecule has 2 amide bonds. The van der Waals surface area contributed by atoms with E-state index in [2.05, 4.69) is 5.32 Å². The lowest BCUT2D eigenvalue weighted by Crippen LogP contribution is -2.51. The Morgan fingerprint density at radius 3 is 2.40 bits per heavy atom. The Morgan fingerprint density at radius 2 is 1.77 bits per heavy atom. The molecule has 0 fully saturated rings. The average Bonchev–Trinajstić information content (AvgIpc) is 2.73. The van der Waals surface area contributed by atoms with Gasteiger partial charge in [0.15, 0.2) is 6.61 Å². The van der Waals surface area contributed by atoms with Crippen LogP contribution in [0.5, 0.6) is 5.75 Å². The summed E-state index contributed by atoms with van der Waals surface area (Å²) in [5.41, 5.74) is 3.26. The van der Waals surface area contributed by atoms with Gasteiger partial charge in [0.25, 0.3) is 5.91 Å². The van der Waals surface area contributed by atoms with Gasteiger partial charge in [-0.25, -0.2) is 0 Å².